The van der Waals surface area contributed by atoms with Gasteiger partial charge < -0.3 is 19.3 Å². The van der Waals surface area contributed by atoms with Crippen molar-refractivity contribution in [3.05, 3.63) is 59.4 Å². The Labute approximate surface area is 167 Å². The highest BCUT2D eigenvalue weighted by molar-refractivity contribution is 5.94. The predicted molar refractivity (Wildman–Crippen MR) is 102 cm³/mol. The van der Waals surface area contributed by atoms with Crippen molar-refractivity contribution in [2.75, 3.05) is 33.0 Å². The van der Waals surface area contributed by atoms with Crippen molar-refractivity contribution in [2.45, 2.75) is 12.3 Å². The first-order valence-corrected chi connectivity index (χ1v) is 9.83. The van der Waals surface area contributed by atoms with Gasteiger partial charge in [-0.2, -0.15) is 0 Å². The number of fused-ring (bicyclic) bond motifs is 1. The summed E-state index contributed by atoms with van der Waals surface area (Å²) in [6, 6.07) is 11.4. The van der Waals surface area contributed by atoms with Crippen LogP contribution in [0.15, 0.2) is 42.5 Å². The summed E-state index contributed by atoms with van der Waals surface area (Å²) in [7, 11) is 0. The van der Waals surface area contributed by atoms with E-state index in [1.54, 1.807) is 4.90 Å². The maximum atomic E-state index is 13.1. The smallest absolute Gasteiger partial charge is 0.253 e. The Morgan fingerprint density at radius 1 is 0.897 bits per heavy atom. The molecule has 2 unspecified atom stereocenters. The summed E-state index contributed by atoms with van der Waals surface area (Å²) < 4.78 is 23.8. The van der Waals surface area contributed by atoms with Crippen LogP contribution in [0.3, 0.4) is 0 Å². The highest BCUT2D eigenvalue weighted by Gasteiger charge is 2.46. The summed E-state index contributed by atoms with van der Waals surface area (Å²) in [5, 5.41) is 0. The summed E-state index contributed by atoms with van der Waals surface area (Å²) >= 11 is 0. The van der Waals surface area contributed by atoms with E-state index in [9.17, 15) is 14.0 Å². The molecule has 0 aromatic heterocycles. The number of nitrogens with zero attached hydrogens (tertiary/aromatic N) is 2. The van der Waals surface area contributed by atoms with E-state index in [1.807, 2.05) is 23.1 Å². The van der Waals surface area contributed by atoms with Crippen molar-refractivity contribution in [1.82, 2.24) is 9.80 Å². The van der Waals surface area contributed by atoms with Gasteiger partial charge in [0, 0.05) is 37.7 Å². The molecule has 3 aliphatic rings. The van der Waals surface area contributed by atoms with Gasteiger partial charge in [0.15, 0.2) is 11.5 Å². The van der Waals surface area contributed by atoms with Crippen LogP contribution in [0.5, 0.6) is 11.5 Å². The van der Waals surface area contributed by atoms with Gasteiger partial charge >= 0.3 is 0 Å². The number of rotatable bonds is 3. The van der Waals surface area contributed by atoms with Crippen LogP contribution < -0.4 is 9.47 Å². The summed E-state index contributed by atoms with van der Waals surface area (Å²) in [5.41, 5.74) is 1.58. The Hall–Kier alpha value is -3.09. The number of halogens is 1. The maximum absolute atomic E-state index is 13.1. The molecule has 1 aliphatic carbocycles. The molecule has 1 saturated heterocycles. The minimum absolute atomic E-state index is 0.00489. The van der Waals surface area contributed by atoms with Gasteiger partial charge in [-0.25, -0.2) is 4.39 Å². The number of hydrogen-bond donors (Lipinski definition) is 0. The lowest BCUT2D eigenvalue weighted by atomic mass is 10.1. The zero-order chi connectivity index (χ0) is 20.0. The molecule has 7 heteroatoms. The number of benzene rings is 2. The molecular weight excluding hydrogens is 375 g/mol. The molecular formula is C22H21FN2O4. The predicted octanol–water partition coefficient (Wildman–Crippen LogP) is 2.64. The number of carbonyl (C=O) groups excluding carboxylic acids is 2. The molecule has 0 radical (unpaired) electrons. The molecule has 2 aliphatic heterocycles. The minimum Gasteiger partial charge on any atom is -0.454 e. The number of piperazine rings is 1. The van der Waals surface area contributed by atoms with Crippen LogP contribution in [0, 0.1) is 11.7 Å². The molecule has 2 heterocycles. The van der Waals surface area contributed by atoms with E-state index in [-0.39, 0.29) is 36.3 Å². The van der Waals surface area contributed by atoms with Crippen molar-refractivity contribution in [3.63, 3.8) is 0 Å². The third-order valence-electron chi connectivity index (χ3n) is 5.90. The molecule has 2 aromatic carbocycles. The Balaban J connectivity index is 1.17. The largest absolute Gasteiger partial charge is 0.454 e. The minimum atomic E-state index is -0.363. The third kappa shape index (κ3) is 3.41. The van der Waals surface area contributed by atoms with Crippen LogP contribution in [0.1, 0.15) is 28.3 Å². The van der Waals surface area contributed by atoms with Crippen LogP contribution in [0.25, 0.3) is 0 Å². The molecule has 2 amide bonds. The van der Waals surface area contributed by atoms with Gasteiger partial charge in [-0.05, 0) is 54.3 Å². The molecule has 1 saturated carbocycles. The van der Waals surface area contributed by atoms with Gasteiger partial charge in [-0.15, -0.1) is 0 Å². The van der Waals surface area contributed by atoms with E-state index in [1.165, 1.54) is 24.3 Å². The Morgan fingerprint density at radius 3 is 2.34 bits per heavy atom. The highest BCUT2D eigenvalue weighted by Crippen LogP contribution is 2.50. The lowest BCUT2D eigenvalue weighted by molar-refractivity contribution is -0.134. The van der Waals surface area contributed by atoms with E-state index in [0.29, 0.717) is 31.7 Å². The fraction of sp³-hybridized carbons (Fsp3) is 0.364. The fourth-order valence-electron chi connectivity index (χ4n) is 4.12. The molecule has 0 spiro atoms. The quantitative estimate of drug-likeness (QED) is 0.800. The molecule has 29 heavy (non-hydrogen) atoms. The topological polar surface area (TPSA) is 59.1 Å². The van der Waals surface area contributed by atoms with Gasteiger partial charge in [0.1, 0.15) is 5.82 Å². The highest BCUT2D eigenvalue weighted by atomic mass is 19.1. The average molecular weight is 396 g/mol. The third-order valence-corrected chi connectivity index (χ3v) is 5.90. The van der Waals surface area contributed by atoms with Gasteiger partial charge in [0.2, 0.25) is 12.7 Å². The number of hydrogen-bond acceptors (Lipinski definition) is 4. The maximum Gasteiger partial charge on any atom is 0.253 e. The second-order valence-electron chi connectivity index (χ2n) is 7.69. The summed E-state index contributed by atoms with van der Waals surface area (Å²) in [4.78, 5) is 29.0. The number of carbonyl (C=O) groups is 2. The van der Waals surface area contributed by atoms with Crippen LogP contribution in [0.2, 0.25) is 0 Å². The standard InChI is InChI=1S/C22H21FN2O4/c23-16-4-1-14(2-5-16)21(26)24-7-9-25(10-8-24)22(27)18-12-17(18)15-3-6-19-20(11-15)29-13-28-19/h1-6,11,17-18H,7-10,12-13H2. The van der Waals surface area contributed by atoms with Gasteiger partial charge in [0.25, 0.3) is 5.91 Å². The molecule has 0 bridgehead atoms. The van der Waals surface area contributed by atoms with Crippen molar-refractivity contribution < 1.29 is 23.5 Å². The molecule has 2 fully saturated rings. The van der Waals surface area contributed by atoms with Crippen molar-refractivity contribution in [2.24, 2.45) is 5.92 Å². The van der Waals surface area contributed by atoms with E-state index >= 15 is 0 Å². The lowest BCUT2D eigenvalue weighted by Crippen LogP contribution is -2.51. The van der Waals surface area contributed by atoms with E-state index in [4.69, 9.17) is 9.47 Å². The SMILES string of the molecule is O=C(c1ccc(F)cc1)N1CCN(C(=O)C2CC2c2ccc3c(c2)OCO3)CC1. The zero-order valence-corrected chi connectivity index (χ0v) is 15.8. The van der Waals surface area contributed by atoms with Gasteiger partial charge in [-0.3, -0.25) is 9.59 Å². The molecule has 5 rings (SSSR count). The molecule has 2 atom stereocenters. The Morgan fingerprint density at radius 2 is 1.59 bits per heavy atom. The van der Waals surface area contributed by atoms with E-state index in [0.717, 1.165) is 23.5 Å². The summed E-state index contributed by atoms with van der Waals surface area (Å²) in [6.07, 6.45) is 0.840. The summed E-state index contributed by atoms with van der Waals surface area (Å²) in [6.45, 7) is 2.27. The summed E-state index contributed by atoms with van der Waals surface area (Å²) in [5.74, 6) is 1.38. The first kappa shape index (κ1) is 18.0. The van der Waals surface area contributed by atoms with Crippen LogP contribution in [-0.4, -0.2) is 54.6 Å². The van der Waals surface area contributed by atoms with Crippen LogP contribution in [-0.2, 0) is 4.79 Å². The van der Waals surface area contributed by atoms with Crippen molar-refractivity contribution in [3.8, 4) is 11.5 Å². The van der Waals surface area contributed by atoms with Crippen molar-refractivity contribution >= 4 is 11.8 Å². The van der Waals surface area contributed by atoms with E-state index < -0.39 is 0 Å². The van der Waals surface area contributed by atoms with E-state index in [2.05, 4.69) is 0 Å². The molecule has 2 aromatic rings. The number of ether oxygens (including phenoxy) is 2. The second-order valence-corrected chi connectivity index (χ2v) is 7.69. The molecule has 0 N–H and O–H groups in total. The normalized spacial score (nSPS) is 22.5. The Bertz CT molecular complexity index is 954. The molecule has 150 valence electrons. The fourth-order valence-corrected chi connectivity index (χ4v) is 4.12. The zero-order valence-electron chi connectivity index (χ0n) is 15.8. The first-order valence-electron chi connectivity index (χ1n) is 9.83. The first-order chi connectivity index (χ1) is 14.1. The van der Waals surface area contributed by atoms with Crippen LogP contribution >= 0.6 is 0 Å². The molecule has 6 nitrogen and oxygen atoms in total. The number of amides is 2. The lowest BCUT2D eigenvalue weighted by Gasteiger charge is -2.35. The van der Waals surface area contributed by atoms with Gasteiger partial charge in [0.05, 0.1) is 0 Å². The van der Waals surface area contributed by atoms with Gasteiger partial charge in [-0.1, -0.05) is 6.07 Å². The Kier molecular flexibility index (Phi) is 4.38. The monoisotopic (exact) mass is 396 g/mol. The van der Waals surface area contributed by atoms with Crippen molar-refractivity contribution in [1.29, 1.82) is 0 Å². The van der Waals surface area contributed by atoms with Crippen LogP contribution in [0.4, 0.5) is 4.39 Å². The average Bonchev–Trinajstić information content (AvgIpc) is 3.42. The second kappa shape index (κ2) is 7.06.